The Morgan fingerprint density at radius 3 is 2.04 bits per heavy atom. The van der Waals surface area contributed by atoms with Gasteiger partial charge in [0.2, 0.25) is 5.91 Å². The van der Waals surface area contributed by atoms with Gasteiger partial charge in [-0.3, -0.25) is 4.79 Å². The van der Waals surface area contributed by atoms with E-state index in [9.17, 15) is 4.79 Å². The molecule has 0 aliphatic rings. The van der Waals surface area contributed by atoms with Crippen molar-refractivity contribution in [2.24, 2.45) is 0 Å². The highest BCUT2D eigenvalue weighted by Crippen LogP contribution is 2.14. The summed E-state index contributed by atoms with van der Waals surface area (Å²) in [6, 6.07) is 20.4. The molecule has 0 saturated carbocycles. The lowest BCUT2D eigenvalue weighted by Gasteiger charge is -2.26. The van der Waals surface area contributed by atoms with Crippen LogP contribution >= 0.6 is 0 Å². The maximum Gasteiger partial charge on any atom is 0.224 e. The molecule has 23 heavy (non-hydrogen) atoms. The van der Waals surface area contributed by atoms with Gasteiger partial charge in [0.1, 0.15) is 0 Å². The highest BCUT2D eigenvalue weighted by molar-refractivity contribution is 5.76. The molecule has 3 nitrogen and oxygen atoms in total. The van der Waals surface area contributed by atoms with E-state index in [-0.39, 0.29) is 5.91 Å². The summed E-state index contributed by atoms with van der Waals surface area (Å²) in [5.74, 6) is 0.214. The van der Waals surface area contributed by atoms with Gasteiger partial charge in [-0.15, -0.1) is 0 Å². The number of amides is 1. The van der Waals surface area contributed by atoms with Gasteiger partial charge in [0, 0.05) is 38.3 Å². The van der Waals surface area contributed by atoms with Gasteiger partial charge in [-0.25, -0.2) is 0 Å². The molecule has 0 atom stereocenters. The molecule has 0 radical (unpaired) electrons. The molecule has 0 heterocycles. The van der Waals surface area contributed by atoms with E-state index in [2.05, 4.69) is 36.1 Å². The fourth-order valence-corrected chi connectivity index (χ4v) is 2.68. The van der Waals surface area contributed by atoms with Crippen molar-refractivity contribution in [2.75, 3.05) is 24.5 Å². The van der Waals surface area contributed by atoms with Gasteiger partial charge < -0.3 is 9.80 Å². The summed E-state index contributed by atoms with van der Waals surface area (Å²) in [7, 11) is 0. The fraction of sp³-hybridized carbons (Fsp3) is 0.350. The van der Waals surface area contributed by atoms with Crippen LogP contribution < -0.4 is 4.90 Å². The van der Waals surface area contributed by atoms with Gasteiger partial charge in [-0.1, -0.05) is 48.5 Å². The molecule has 0 bridgehead atoms. The number of anilines is 1. The van der Waals surface area contributed by atoms with E-state index in [1.54, 1.807) is 0 Å². The van der Waals surface area contributed by atoms with Crippen molar-refractivity contribution in [2.45, 2.75) is 26.8 Å². The van der Waals surface area contributed by atoms with Gasteiger partial charge in [0.05, 0.1) is 0 Å². The van der Waals surface area contributed by atoms with Crippen LogP contribution in [0.4, 0.5) is 5.69 Å². The second kappa shape index (κ2) is 8.99. The van der Waals surface area contributed by atoms with E-state index in [1.165, 1.54) is 11.3 Å². The summed E-state index contributed by atoms with van der Waals surface area (Å²) >= 11 is 0. The van der Waals surface area contributed by atoms with Crippen LogP contribution in [0.15, 0.2) is 60.7 Å². The Morgan fingerprint density at radius 1 is 0.870 bits per heavy atom. The predicted octanol–water partition coefficient (Wildman–Crippen LogP) is 3.95. The highest BCUT2D eigenvalue weighted by Gasteiger charge is 2.14. The first kappa shape index (κ1) is 17.1. The molecule has 0 fully saturated rings. The molecular weight excluding hydrogens is 284 g/mol. The second-order valence-electron chi connectivity index (χ2n) is 5.56. The summed E-state index contributed by atoms with van der Waals surface area (Å²) in [6.45, 7) is 7.25. The van der Waals surface area contributed by atoms with E-state index in [1.807, 2.05) is 48.2 Å². The first-order valence-electron chi connectivity index (χ1n) is 8.36. The maximum absolute atomic E-state index is 12.5. The van der Waals surface area contributed by atoms with Gasteiger partial charge >= 0.3 is 0 Å². The third kappa shape index (κ3) is 5.13. The molecule has 0 aliphatic carbocycles. The average Bonchev–Trinajstić information content (AvgIpc) is 2.61. The molecule has 1 amide bonds. The number of carbonyl (C=O) groups is 1. The molecule has 0 aliphatic heterocycles. The highest BCUT2D eigenvalue weighted by atomic mass is 16.2. The van der Waals surface area contributed by atoms with Crippen LogP contribution in [0.2, 0.25) is 0 Å². The monoisotopic (exact) mass is 310 g/mol. The molecule has 0 aromatic heterocycles. The largest absolute Gasteiger partial charge is 0.371 e. The average molecular weight is 310 g/mol. The zero-order chi connectivity index (χ0) is 16.5. The van der Waals surface area contributed by atoms with Crippen LogP contribution in [0.3, 0.4) is 0 Å². The topological polar surface area (TPSA) is 23.6 Å². The predicted molar refractivity (Wildman–Crippen MR) is 96.5 cm³/mol. The van der Waals surface area contributed by atoms with Gasteiger partial charge in [-0.2, -0.15) is 0 Å². The number of benzene rings is 2. The van der Waals surface area contributed by atoms with E-state index in [0.717, 1.165) is 19.6 Å². The first-order chi connectivity index (χ1) is 11.2. The molecule has 0 N–H and O–H groups in total. The first-order valence-corrected chi connectivity index (χ1v) is 8.36. The third-order valence-corrected chi connectivity index (χ3v) is 4.05. The maximum atomic E-state index is 12.5. The number of hydrogen-bond acceptors (Lipinski definition) is 2. The van der Waals surface area contributed by atoms with Crippen LogP contribution in [0, 0.1) is 0 Å². The Balaban J connectivity index is 1.91. The molecule has 2 aromatic carbocycles. The summed E-state index contributed by atoms with van der Waals surface area (Å²) in [6.07, 6.45) is 0.545. The Labute approximate surface area is 139 Å². The van der Waals surface area contributed by atoms with E-state index in [0.29, 0.717) is 13.0 Å². The smallest absolute Gasteiger partial charge is 0.224 e. The Hall–Kier alpha value is -2.29. The lowest BCUT2D eigenvalue weighted by Crippen LogP contribution is -2.34. The molecule has 0 spiro atoms. The minimum atomic E-state index is 0.214. The summed E-state index contributed by atoms with van der Waals surface area (Å²) < 4.78 is 0. The summed E-state index contributed by atoms with van der Waals surface area (Å²) in [5, 5.41) is 0. The standard InChI is InChI=1S/C20H26N2O/c1-3-21(19-13-9-6-10-14-19)16-15-20(23)22(4-2)17-18-11-7-5-8-12-18/h5-14H,3-4,15-17H2,1-2H3. The van der Waals surface area contributed by atoms with Crippen LogP contribution in [-0.2, 0) is 11.3 Å². The van der Waals surface area contributed by atoms with Gasteiger partial charge in [0.15, 0.2) is 0 Å². The lowest BCUT2D eigenvalue weighted by atomic mass is 10.2. The molecule has 3 heteroatoms. The molecule has 0 saturated heterocycles. The second-order valence-corrected chi connectivity index (χ2v) is 5.56. The normalized spacial score (nSPS) is 10.3. The van der Waals surface area contributed by atoms with Gasteiger partial charge in [0.25, 0.3) is 0 Å². The molecule has 2 aromatic rings. The van der Waals surface area contributed by atoms with Crippen molar-refractivity contribution in [3.63, 3.8) is 0 Å². The number of nitrogens with zero attached hydrogens (tertiary/aromatic N) is 2. The van der Waals surface area contributed by atoms with Crippen LogP contribution in [0.1, 0.15) is 25.8 Å². The number of rotatable bonds is 8. The van der Waals surface area contributed by atoms with E-state index in [4.69, 9.17) is 0 Å². The SMILES string of the molecule is CCN(Cc1ccccc1)C(=O)CCN(CC)c1ccccc1. The van der Waals surface area contributed by atoms with Crippen LogP contribution in [0.5, 0.6) is 0 Å². The number of para-hydroxylation sites is 1. The quantitative estimate of drug-likeness (QED) is 0.737. The summed E-state index contributed by atoms with van der Waals surface area (Å²) in [5.41, 5.74) is 2.35. The molecular formula is C20H26N2O. The zero-order valence-electron chi connectivity index (χ0n) is 14.1. The van der Waals surface area contributed by atoms with E-state index >= 15 is 0 Å². The van der Waals surface area contributed by atoms with Gasteiger partial charge in [-0.05, 0) is 31.5 Å². The minimum absolute atomic E-state index is 0.214. The molecule has 2 rings (SSSR count). The minimum Gasteiger partial charge on any atom is -0.371 e. The van der Waals surface area contributed by atoms with Crippen molar-refractivity contribution in [3.05, 3.63) is 66.2 Å². The fourth-order valence-electron chi connectivity index (χ4n) is 2.68. The van der Waals surface area contributed by atoms with E-state index < -0.39 is 0 Å². The summed E-state index contributed by atoms with van der Waals surface area (Å²) in [4.78, 5) is 16.7. The molecule has 0 unspecified atom stereocenters. The van der Waals surface area contributed by atoms with Crippen LogP contribution in [0.25, 0.3) is 0 Å². The van der Waals surface area contributed by atoms with Crippen molar-refractivity contribution in [3.8, 4) is 0 Å². The Morgan fingerprint density at radius 2 is 1.48 bits per heavy atom. The van der Waals surface area contributed by atoms with Crippen LogP contribution in [-0.4, -0.2) is 30.4 Å². The lowest BCUT2D eigenvalue weighted by molar-refractivity contribution is -0.131. The van der Waals surface area contributed by atoms with Crippen molar-refractivity contribution >= 4 is 11.6 Å². The van der Waals surface area contributed by atoms with Crippen molar-refractivity contribution < 1.29 is 4.79 Å². The molecule has 122 valence electrons. The Kier molecular flexibility index (Phi) is 6.67. The third-order valence-electron chi connectivity index (χ3n) is 4.05. The Bertz CT molecular complexity index is 583. The number of hydrogen-bond donors (Lipinski definition) is 0. The van der Waals surface area contributed by atoms with Crippen molar-refractivity contribution in [1.82, 2.24) is 4.90 Å². The number of carbonyl (C=O) groups excluding carboxylic acids is 1. The van der Waals surface area contributed by atoms with Crippen molar-refractivity contribution in [1.29, 1.82) is 0 Å². The zero-order valence-corrected chi connectivity index (χ0v) is 14.1.